The lowest BCUT2D eigenvalue weighted by Crippen LogP contribution is -1.97. The zero-order valence-corrected chi connectivity index (χ0v) is 64.2. The van der Waals surface area contributed by atoms with E-state index in [1.807, 2.05) is 12.1 Å². The van der Waals surface area contributed by atoms with E-state index in [9.17, 15) is 0 Å². The van der Waals surface area contributed by atoms with E-state index in [2.05, 4.69) is 415 Å². The van der Waals surface area contributed by atoms with E-state index in [0.29, 0.717) is 0 Å². The van der Waals surface area contributed by atoms with Crippen LogP contribution >= 0.6 is 0 Å². The van der Waals surface area contributed by atoms with Crippen molar-refractivity contribution < 1.29 is 4.42 Å². The van der Waals surface area contributed by atoms with E-state index in [-0.39, 0.29) is 0 Å². The maximum Gasteiger partial charge on any atom is 0.135 e. The number of hydrogen-bond acceptors (Lipinski definition) is 1. The molecule has 0 atom stereocenters. The van der Waals surface area contributed by atoms with E-state index in [4.69, 9.17) is 4.42 Å². The Labute approximate surface area is 679 Å². The van der Waals surface area contributed by atoms with Gasteiger partial charge in [-0.3, -0.25) is 0 Å². The number of nitrogens with zero attached hydrogens (tertiary/aromatic N) is 6. The Hall–Kier alpha value is -16.0. The smallest absolute Gasteiger partial charge is 0.135 e. The number of benzene rings is 19. The van der Waals surface area contributed by atoms with Crippen molar-refractivity contribution in [1.82, 2.24) is 27.1 Å². The molecule has 28 aromatic rings. The summed E-state index contributed by atoms with van der Waals surface area (Å²) in [5.74, 6) is 0. The Kier molecular flexibility index (Phi) is 13.2. The van der Waals surface area contributed by atoms with Gasteiger partial charge in [0.15, 0.2) is 0 Å². The first kappa shape index (κ1) is 64.4. The van der Waals surface area contributed by atoms with Gasteiger partial charge in [-0.2, -0.15) is 0 Å². The highest BCUT2D eigenvalue weighted by molar-refractivity contribution is 6.36. The van der Waals surface area contributed by atoms with E-state index in [0.717, 1.165) is 33.3 Å². The van der Waals surface area contributed by atoms with Gasteiger partial charge in [0, 0.05) is 109 Å². The van der Waals surface area contributed by atoms with Crippen molar-refractivity contribution in [2.24, 2.45) is 0 Å². The number of fused-ring (bicyclic) bond motifs is 21. The Morgan fingerprint density at radius 3 is 1.14 bits per heavy atom. The summed E-state index contributed by atoms with van der Waals surface area (Å²) < 4.78 is 20.9. The zero-order valence-electron chi connectivity index (χ0n) is 64.2. The molecule has 7 heteroatoms. The maximum absolute atomic E-state index is 6.13. The van der Waals surface area contributed by atoms with Crippen LogP contribution in [0.15, 0.2) is 405 Å². The number of hydrogen-bond donors (Lipinski definition) is 0. The molecule has 0 bridgehead atoms. The van der Waals surface area contributed by atoms with Crippen molar-refractivity contribution in [2.75, 3.05) is 0 Å². The number of para-hydroxylation sites is 7. The predicted molar refractivity (Wildman–Crippen MR) is 501 cm³/mol. The van der Waals surface area contributed by atoms with E-state index in [1.165, 1.54) is 219 Å². The average molecular weight is 1510 g/mol. The van der Waals surface area contributed by atoms with Crippen LogP contribution < -0.4 is 0 Å². The number of rotatable bonds is 5. The topological polar surface area (TPSA) is 41.7 Å². The molecule has 0 fully saturated rings. The zero-order chi connectivity index (χ0) is 77.4. The quantitative estimate of drug-likeness (QED) is 0.169. The number of aromatic nitrogens is 6. The average Bonchev–Trinajstić information content (AvgIpc) is 1.54. The molecule has 7 nitrogen and oxygen atoms in total. The van der Waals surface area contributed by atoms with E-state index >= 15 is 0 Å². The van der Waals surface area contributed by atoms with Crippen LogP contribution in [0.2, 0.25) is 0 Å². The van der Waals surface area contributed by atoms with Crippen LogP contribution in [0, 0.1) is 0 Å². The predicted octanol–water partition coefficient (Wildman–Crippen LogP) is 30.1. The van der Waals surface area contributed by atoms with Gasteiger partial charge in [-0.15, -0.1) is 0 Å². The lowest BCUT2D eigenvalue weighted by Gasteiger charge is -2.13. The van der Waals surface area contributed by atoms with Gasteiger partial charge in [-0.25, -0.2) is 0 Å². The largest absolute Gasteiger partial charge is 0.456 e. The van der Waals surface area contributed by atoms with Crippen LogP contribution in [-0.2, 0) is 0 Å². The first-order valence-corrected chi connectivity index (χ1v) is 41.1. The third-order valence-corrected chi connectivity index (χ3v) is 26.1. The minimum Gasteiger partial charge on any atom is -0.456 e. The molecule has 550 valence electrons. The fourth-order valence-electron chi connectivity index (χ4n) is 21.4. The molecule has 0 amide bonds. The second-order valence-corrected chi connectivity index (χ2v) is 32.1. The monoisotopic (exact) mass is 1510 g/mol. The molecule has 19 aromatic carbocycles. The fraction of sp³-hybridized carbons (Fsp3) is 0. The molecular formula is C112H66N6O. The normalized spacial score (nSPS) is 12.4. The van der Waals surface area contributed by atoms with Crippen molar-refractivity contribution in [3.8, 4) is 56.1 Å². The first-order valence-electron chi connectivity index (χ1n) is 41.1. The third kappa shape index (κ3) is 8.83. The lowest BCUT2D eigenvalue weighted by atomic mass is 9.93. The highest BCUT2D eigenvalue weighted by Crippen LogP contribution is 2.53. The highest BCUT2D eigenvalue weighted by Gasteiger charge is 2.29. The first-order chi connectivity index (χ1) is 59.1. The Morgan fingerprint density at radius 2 is 0.529 bits per heavy atom. The summed E-state index contributed by atoms with van der Waals surface area (Å²) >= 11 is 0. The molecular weight excluding hydrogens is 1450 g/mol. The van der Waals surface area contributed by atoms with Crippen molar-refractivity contribution in [2.45, 2.75) is 0 Å². The fourth-order valence-corrected chi connectivity index (χ4v) is 21.4. The molecule has 1 aliphatic carbocycles. The van der Waals surface area contributed by atoms with Gasteiger partial charge in [-0.1, -0.05) is 273 Å². The molecule has 9 heterocycles. The van der Waals surface area contributed by atoms with Gasteiger partial charge in [-0.05, 0) is 182 Å². The van der Waals surface area contributed by atoms with Crippen LogP contribution in [0.1, 0.15) is 0 Å². The standard InChI is InChI=1S/C42H25N3.C36H22N2.C34H19NO/c1-2-11-26(12-3-1)43-34-17-7-4-13-28(34)31-22-21-27(25-39(31)43)44-37-20-10-16-32-29-14-5-8-18-35(29)45-36-19-9-6-15-30(36)33-23-24-38(44)41(40(32)37)42(33)45;1-2-10-23(11-3-1)24-12-8-13-25(22-24)37-32-19-9-16-28-26-14-4-6-17-30(26)38-31-18-7-5-15-27(31)29-20-21-33(37)35(34(28)32)36(29)38;1-2-9-23-22(8-1)25-11-5-7-20-15-17-29-34(32(20)25)33-26(23)12-6-13-28(33)35(29)21-16-18-31-27(19-21)24-10-3-4-14-30(24)36-31/h1-25H;1-22H;1-19H. The summed E-state index contributed by atoms with van der Waals surface area (Å²) in [6, 6.07) is 146. The van der Waals surface area contributed by atoms with Gasteiger partial charge in [0.2, 0.25) is 0 Å². The summed E-state index contributed by atoms with van der Waals surface area (Å²) in [4.78, 5) is 0. The van der Waals surface area contributed by atoms with Crippen LogP contribution in [-0.4, -0.2) is 27.1 Å². The SMILES string of the molecule is c1ccc(-c2cccc(-n3c4cccc5c6ccccc6n6c7ccccc7c7ccc3c(c54)c76)c2)cc1.c1ccc(-n2c3ccccc3c3ccc(-n4c5cccc6c7ccccc7n7c8ccccc8c8ccc4c(c65)c87)cc32)cc1.c1ccc2c(c1)-c1cccc3ccc4c(c13)c1c-2cccc1n4-c1ccc2oc3ccccc3c2c1. The van der Waals surface area contributed by atoms with Crippen LogP contribution in [0.5, 0.6) is 0 Å². The Bertz CT molecular complexity index is 9190. The maximum atomic E-state index is 6.13. The summed E-state index contributed by atoms with van der Waals surface area (Å²) in [6.45, 7) is 0. The molecule has 0 spiro atoms. The number of furan rings is 1. The van der Waals surface area contributed by atoms with Crippen molar-refractivity contribution in [3.05, 3.63) is 400 Å². The molecule has 119 heavy (non-hydrogen) atoms. The second kappa shape index (κ2) is 24.3. The summed E-state index contributed by atoms with van der Waals surface area (Å²) in [5, 5.41) is 25.7. The molecule has 0 saturated carbocycles. The van der Waals surface area contributed by atoms with Gasteiger partial charge in [0.05, 0.1) is 77.2 Å². The van der Waals surface area contributed by atoms with Crippen LogP contribution in [0.4, 0.5) is 0 Å². The second-order valence-electron chi connectivity index (χ2n) is 32.1. The van der Waals surface area contributed by atoms with Gasteiger partial charge >= 0.3 is 0 Å². The van der Waals surface area contributed by atoms with Crippen molar-refractivity contribution in [1.29, 1.82) is 0 Å². The molecule has 1 aliphatic rings. The van der Waals surface area contributed by atoms with Crippen LogP contribution in [0.3, 0.4) is 0 Å². The van der Waals surface area contributed by atoms with E-state index < -0.39 is 0 Å². The molecule has 0 aliphatic heterocycles. The minimum atomic E-state index is 0.921. The Balaban J connectivity index is 0.0000000954. The van der Waals surface area contributed by atoms with Crippen LogP contribution in [0.25, 0.3) is 252 Å². The van der Waals surface area contributed by atoms with Crippen molar-refractivity contribution >= 4 is 196 Å². The third-order valence-electron chi connectivity index (χ3n) is 26.1. The Morgan fingerprint density at radius 1 is 0.160 bits per heavy atom. The van der Waals surface area contributed by atoms with Gasteiger partial charge in [0.25, 0.3) is 0 Å². The summed E-state index contributed by atoms with van der Waals surface area (Å²) in [7, 11) is 0. The van der Waals surface area contributed by atoms with Gasteiger partial charge < -0.3 is 31.5 Å². The molecule has 0 unspecified atom stereocenters. The lowest BCUT2D eigenvalue weighted by molar-refractivity contribution is 0.669. The minimum absolute atomic E-state index is 0.921. The molecule has 29 rings (SSSR count). The van der Waals surface area contributed by atoms with Crippen molar-refractivity contribution in [3.63, 3.8) is 0 Å². The summed E-state index contributed by atoms with van der Waals surface area (Å²) in [6.07, 6.45) is 0. The molecule has 0 saturated heterocycles. The highest BCUT2D eigenvalue weighted by atomic mass is 16.3. The summed E-state index contributed by atoms with van der Waals surface area (Å²) in [5.41, 5.74) is 31.5. The molecule has 0 radical (unpaired) electrons. The van der Waals surface area contributed by atoms with E-state index in [1.54, 1.807) is 0 Å². The van der Waals surface area contributed by atoms with Gasteiger partial charge in [0.1, 0.15) is 11.2 Å². The molecule has 0 N–H and O–H groups in total. The molecule has 9 aromatic heterocycles.